The van der Waals surface area contributed by atoms with Crippen LogP contribution in [0.25, 0.3) is 34.3 Å². The molecule has 0 bridgehead atoms. The number of nitrogens with one attached hydrogen (secondary N) is 1. The third kappa shape index (κ3) is 5.00. The van der Waals surface area contributed by atoms with Gasteiger partial charge in [0, 0.05) is 46.7 Å². The van der Waals surface area contributed by atoms with Gasteiger partial charge in [0.15, 0.2) is 0 Å². The fourth-order valence-corrected chi connectivity index (χ4v) is 4.22. The molecule has 3 aromatic heterocycles. The average molecular weight is 464 g/mol. The minimum absolute atomic E-state index is 0.188. The number of benzene rings is 2. The molecule has 5 aromatic rings. The second-order valence-corrected chi connectivity index (χ2v) is 8.44. The number of aromatic nitrogens is 4. The van der Waals surface area contributed by atoms with Gasteiger partial charge < -0.3 is 5.32 Å². The number of pyridine rings is 1. The van der Waals surface area contributed by atoms with E-state index in [1.165, 1.54) is 17.4 Å². The number of rotatable bonds is 7. The molecule has 3 heterocycles. The summed E-state index contributed by atoms with van der Waals surface area (Å²) < 4.78 is 1.83. The SMILES string of the molecule is O=C(/C=C/c1cn(-c2ccccc2)nc1-c1ccccc1)NCc1nc(-c2ccncc2)cs1. The molecular formula is C27H21N5OS. The number of carbonyl (C=O) groups is 1. The molecule has 0 saturated heterocycles. The summed E-state index contributed by atoms with van der Waals surface area (Å²) in [5, 5.41) is 10.5. The Labute approximate surface area is 201 Å². The van der Waals surface area contributed by atoms with E-state index >= 15 is 0 Å². The van der Waals surface area contributed by atoms with Gasteiger partial charge in [0.25, 0.3) is 0 Å². The molecule has 0 saturated carbocycles. The Morgan fingerprint density at radius 1 is 0.941 bits per heavy atom. The van der Waals surface area contributed by atoms with Gasteiger partial charge in [-0.15, -0.1) is 11.3 Å². The van der Waals surface area contributed by atoms with E-state index in [0.29, 0.717) is 6.54 Å². The van der Waals surface area contributed by atoms with E-state index in [9.17, 15) is 4.79 Å². The minimum Gasteiger partial charge on any atom is -0.346 e. The number of nitrogens with zero attached hydrogens (tertiary/aromatic N) is 4. The molecule has 1 amide bonds. The molecule has 1 N–H and O–H groups in total. The fraction of sp³-hybridized carbons (Fsp3) is 0.0370. The van der Waals surface area contributed by atoms with Crippen LogP contribution in [-0.4, -0.2) is 25.7 Å². The summed E-state index contributed by atoms with van der Waals surface area (Å²) in [6.45, 7) is 0.369. The van der Waals surface area contributed by atoms with Gasteiger partial charge in [-0.25, -0.2) is 9.67 Å². The lowest BCUT2D eigenvalue weighted by Crippen LogP contribution is -2.20. The Morgan fingerprint density at radius 3 is 2.44 bits per heavy atom. The van der Waals surface area contributed by atoms with Crippen molar-refractivity contribution in [1.82, 2.24) is 25.1 Å². The van der Waals surface area contributed by atoms with Crippen molar-refractivity contribution in [3.8, 4) is 28.2 Å². The maximum absolute atomic E-state index is 12.5. The first kappa shape index (κ1) is 21.5. The maximum Gasteiger partial charge on any atom is 0.244 e. The molecule has 5 rings (SSSR count). The van der Waals surface area contributed by atoms with Gasteiger partial charge in [-0.3, -0.25) is 9.78 Å². The quantitative estimate of drug-likeness (QED) is 0.329. The van der Waals surface area contributed by atoms with Gasteiger partial charge in [0.1, 0.15) is 5.01 Å². The molecule has 0 fully saturated rings. The van der Waals surface area contributed by atoms with Crippen LogP contribution in [0, 0.1) is 0 Å². The standard InChI is InChI=1S/C27H21N5OS/c33-25(29-17-26-30-24(19-34-26)20-13-15-28-16-14-20)12-11-22-18-32(23-9-5-2-6-10-23)31-27(22)21-7-3-1-4-8-21/h1-16,18-19H,17H2,(H,29,33)/b12-11+. The zero-order valence-corrected chi connectivity index (χ0v) is 19.0. The van der Waals surface area contributed by atoms with Crippen LogP contribution in [0.5, 0.6) is 0 Å². The Kier molecular flexibility index (Phi) is 6.36. The number of para-hydroxylation sites is 1. The van der Waals surface area contributed by atoms with Gasteiger partial charge in [-0.05, 0) is 30.3 Å². The Morgan fingerprint density at radius 2 is 1.68 bits per heavy atom. The summed E-state index contributed by atoms with van der Waals surface area (Å²) in [5.41, 5.74) is 5.51. The average Bonchev–Trinajstić information content (AvgIpc) is 3.55. The summed E-state index contributed by atoms with van der Waals surface area (Å²) in [6, 6.07) is 23.7. The Hall–Kier alpha value is -4.36. The van der Waals surface area contributed by atoms with Crippen molar-refractivity contribution >= 4 is 23.3 Å². The lowest BCUT2D eigenvalue weighted by Gasteiger charge is -2.00. The maximum atomic E-state index is 12.5. The monoisotopic (exact) mass is 463 g/mol. The van der Waals surface area contributed by atoms with Crippen LogP contribution in [0.4, 0.5) is 0 Å². The van der Waals surface area contributed by atoms with Crippen molar-refractivity contribution in [3.05, 3.63) is 113 Å². The summed E-state index contributed by atoms with van der Waals surface area (Å²) in [7, 11) is 0. The molecule has 34 heavy (non-hydrogen) atoms. The third-order valence-electron chi connectivity index (χ3n) is 5.17. The lowest BCUT2D eigenvalue weighted by molar-refractivity contribution is -0.116. The van der Waals surface area contributed by atoms with Gasteiger partial charge in [-0.2, -0.15) is 5.10 Å². The number of hydrogen-bond acceptors (Lipinski definition) is 5. The molecule has 0 aliphatic heterocycles. The van der Waals surface area contributed by atoms with Crippen LogP contribution in [0.2, 0.25) is 0 Å². The number of hydrogen-bond donors (Lipinski definition) is 1. The normalized spacial score (nSPS) is 11.1. The van der Waals surface area contributed by atoms with Gasteiger partial charge in [-0.1, -0.05) is 48.5 Å². The molecule has 0 aliphatic rings. The van der Waals surface area contributed by atoms with E-state index in [4.69, 9.17) is 5.10 Å². The summed E-state index contributed by atoms with van der Waals surface area (Å²) in [5.74, 6) is -0.188. The molecule has 0 spiro atoms. The predicted octanol–water partition coefficient (Wildman–Crippen LogP) is 5.39. The van der Waals surface area contributed by atoms with E-state index in [1.54, 1.807) is 18.5 Å². The van der Waals surface area contributed by atoms with Crippen molar-refractivity contribution in [2.45, 2.75) is 6.54 Å². The molecule has 0 atom stereocenters. The van der Waals surface area contributed by atoms with Crippen LogP contribution >= 0.6 is 11.3 Å². The van der Waals surface area contributed by atoms with E-state index < -0.39 is 0 Å². The van der Waals surface area contributed by atoms with Crippen molar-refractivity contribution in [2.75, 3.05) is 0 Å². The van der Waals surface area contributed by atoms with Crippen molar-refractivity contribution < 1.29 is 4.79 Å². The van der Waals surface area contributed by atoms with Crippen LogP contribution < -0.4 is 5.32 Å². The van der Waals surface area contributed by atoms with Crippen LogP contribution in [0.1, 0.15) is 10.6 Å². The zero-order chi connectivity index (χ0) is 23.2. The lowest BCUT2D eigenvalue weighted by atomic mass is 10.1. The summed E-state index contributed by atoms with van der Waals surface area (Å²) in [6.07, 6.45) is 8.75. The van der Waals surface area contributed by atoms with E-state index in [0.717, 1.165) is 38.8 Å². The predicted molar refractivity (Wildman–Crippen MR) is 135 cm³/mol. The molecule has 6 nitrogen and oxygen atoms in total. The summed E-state index contributed by atoms with van der Waals surface area (Å²) in [4.78, 5) is 21.2. The first-order valence-electron chi connectivity index (χ1n) is 10.8. The van der Waals surface area contributed by atoms with E-state index in [2.05, 4.69) is 15.3 Å². The Balaban J connectivity index is 1.31. The van der Waals surface area contributed by atoms with Crippen molar-refractivity contribution in [1.29, 1.82) is 0 Å². The molecular weight excluding hydrogens is 442 g/mol. The van der Waals surface area contributed by atoms with Gasteiger partial charge >= 0.3 is 0 Å². The molecule has 166 valence electrons. The van der Waals surface area contributed by atoms with Gasteiger partial charge in [0.05, 0.1) is 23.6 Å². The number of thiazole rings is 1. The van der Waals surface area contributed by atoms with Crippen molar-refractivity contribution in [3.63, 3.8) is 0 Å². The largest absolute Gasteiger partial charge is 0.346 e. The topological polar surface area (TPSA) is 72.7 Å². The Bertz CT molecular complexity index is 1410. The minimum atomic E-state index is -0.188. The zero-order valence-electron chi connectivity index (χ0n) is 18.2. The fourth-order valence-electron chi connectivity index (χ4n) is 3.48. The first-order valence-corrected chi connectivity index (χ1v) is 11.7. The highest BCUT2D eigenvalue weighted by atomic mass is 32.1. The van der Waals surface area contributed by atoms with Gasteiger partial charge in [0.2, 0.25) is 5.91 Å². The van der Waals surface area contributed by atoms with Crippen LogP contribution in [0.15, 0.2) is 103 Å². The highest BCUT2D eigenvalue weighted by Crippen LogP contribution is 2.25. The summed E-state index contributed by atoms with van der Waals surface area (Å²) >= 11 is 1.52. The highest BCUT2D eigenvalue weighted by Gasteiger charge is 2.11. The number of carbonyl (C=O) groups excluding carboxylic acids is 1. The molecule has 7 heteroatoms. The van der Waals surface area contributed by atoms with Crippen molar-refractivity contribution in [2.24, 2.45) is 0 Å². The third-order valence-corrected chi connectivity index (χ3v) is 6.02. The molecule has 2 aromatic carbocycles. The van der Waals surface area contributed by atoms with Crippen LogP contribution in [-0.2, 0) is 11.3 Å². The van der Waals surface area contributed by atoms with E-state index in [-0.39, 0.29) is 5.91 Å². The second-order valence-electron chi connectivity index (χ2n) is 7.49. The smallest absolute Gasteiger partial charge is 0.244 e. The van der Waals surface area contributed by atoms with Crippen LogP contribution in [0.3, 0.4) is 0 Å². The number of amides is 1. The van der Waals surface area contributed by atoms with E-state index in [1.807, 2.05) is 89.1 Å². The molecule has 0 radical (unpaired) electrons. The first-order chi connectivity index (χ1) is 16.8. The highest BCUT2D eigenvalue weighted by molar-refractivity contribution is 7.09. The molecule has 0 aliphatic carbocycles. The second kappa shape index (κ2) is 10.1. The molecule has 0 unspecified atom stereocenters.